The number of fused-ring (bicyclic) bond motifs is 1. The number of benzene rings is 3. The van der Waals surface area contributed by atoms with Crippen LogP contribution in [0.25, 0.3) is 28.1 Å². The number of ether oxygens (including phenoxy) is 3. The largest absolute Gasteiger partial charge is 0.454 e. The standard InChI is InChI=1S/C31H25N3O5S/c1-18-6-7-19(2)24(15-18)34-31(39-20(3)35)28(29(33-34)22-10-13-25-26(16-22)38-17-37-25)21-8-11-23(12-9-21)32-30(36)27-5-4-14-40-27/h4-16H,17H2,1-3H3,(H,32,36). The number of hydrogen-bond donors (Lipinski definition) is 1. The predicted molar refractivity (Wildman–Crippen MR) is 154 cm³/mol. The molecule has 0 bridgehead atoms. The summed E-state index contributed by atoms with van der Waals surface area (Å²) in [6.45, 7) is 5.51. The van der Waals surface area contributed by atoms with Crippen LogP contribution in [0.5, 0.6) is 17.4 Å². The zero-order valence-corrected chi connectivity index (χ0v) is 22.9. The Morgan fingerprint density at radius 2 is 1.73 bits per heavy atom. The van der Waals surface area contributed by atoms with E-state index in [4.69, 9.17) is 19.3 Å². The van der Waals surface area contributed by atoms with Crippen LogP contribution in [-0.2, 0) is 4.79 Å². The van der Waals surface area contributed by atoms with Crippen LogP contribution in [0, 0.1) is 13.8 Å². The number of carbonyl (C=O) groups is 2. The van der Waals surface area contributed by atoms with Crippen molar-refractivity contribution in [1.29, 1.82) is 0 Å². The lowest BCUT2D eigenvalue weighted by atomic mass is 10.0. The molecule has 2 aromatic heterocycles. The summed E-state index contributed by atoms with van der Waals surface area (Å²) in [5.74, 6) is 0.928. The van der Waals surface area contributed by atoms with Gasteiger partial charge in [-0.1, -0.05) is 30.3 Å². The molecule has 5 aromatic rings. The van der Waals surface area contributed by atoms with Gasteiger partial charge in [0.25, 0.3) is 5.91 Å². The van der Waals surface area contributed by atoms with Crippen LogP contribution in [0.2, 0.25) is 0 Å². The first kappa shape index (κ1) is 25.4. The fourth-order valence-corrected chi connectivity index (χ4v) is 5.19. The van der Waals surface area contributed by atoms with Crippen LogP contribution in [-0.4, -0.2) is 28.4 Å². The second-order valence-electron chi connectivity index (χ2n) is 9.40. The number of nitrogens with one attached hydrogen (secondary N) is 1. The summed E-state index contributed by atoms with van der Waals surface area (Å²) in [6, 6.07) is 22.6. The molecule has 0 radical (unpaired) electrons. The van der Waals surface area contributed by atoms with Gasteiger partial charge in [0.1, 0.15) is 5.69 Å². The molecule has 9 heteroatoms. The van der Waals surface area contributed by atoms with Gasteiger partial charge in [0.15, 0.2) is 11.5 Å². The van der Waals surface area contributed by atoms with Gasteiger partial charge >= 0.3 is 5.97 Å². The fourth-order valence-electron chi connectivity index (χ4n) is 4.57. The molecule has 3 aromatic carbocycles. The Bertz CT molecular complexity index is 1740. The van der Waals surface area contributed by atoms with Crippen LogP contribution in [0.4, 0.5) is 5.69 Å². The Balaban J connectivity index is 1.51. The highest BCUT2D eigenvalue weighted by atomic mass is 32.1. The van der Waals surface area contributed by atoms with Crippen molar-refractivity contribution in [3.05, 3.63) is 94.2 Å². The van der Waals surface area contributed by atoms with Crippen LogP contribution in [0.15, 0.2) is 78.2 Å². The Morgan fingerprint density at radius 3 is 2.48 bits per heavy atom. The molecule has 0 unspecified atom stereocenters. The van der Waals surface area contributed by atoms with Crippen LogP contribution >= 0.6 is 11.3 Å². The summed E-state index contributed by atoms with van der Waals surface area (Å²) >= 11 is 1.38. The van der Waals surface area contributed by atoms with Gasteiger partial charge in [0, 0.05) is 18.2 Å². The van der Waals surface area contributed by atoms with Crippen LogP contribution in [0.1, 0.15) is 27.7 Å². The molecule has 1 aliphatic rings. The summed E-state index contributed by atoms with van der Waals surface area (Å²) in [5, 5.41) is 9.77. The van der Waals surface area contributed by atoms with E-state index in [1.807, 2.05) is 86.0 Å². The minimum absolute atomic E-state index is 0.153. The Hall–Kier alpha value is -4.89. The molecule has 1 aliphatic heterocycles. The van der Waals surface area contributed by atoms with E-state index in [2.05, 4.69) is 5.32 Å². The molecular weight excluding hydrogens is 526 g/mol. The third-order valence-corrected chi connectivity index (χ3v) is 7.37. The molecule has 1 N–H and O–H groups in total. The summed E-state index contributed by atoms with van der Waals surface area (Å²) in [4.78, 5) is 25.6. The SMILES string of the molecule is CC(=O)Oc1c(-c2ccc(NC(=O)c3cccs3)cc2)c(-c2ccc3c(c2)OCO3)nn1-c1cc(C)ccc1C. The number of carbonyl (C=O) groups excluding carboxylic acids is 2. The zero-order chi connectivity index (χ0) is 27.8. The number of anilines is 1. The number of rotatable bonds is 6. The maximum absolute atomic E-state index is 12.6. The topological polar surface area (TPSA) is 91.7 Å². The molecule has 0 saturated carbocycles. The van der Waals surface area contributed by atoms with Crippen LogP contribution in [0.3, 0.4) is 0 Å². The molecule has 0 fully saturated rings. The van der Waals surface area contributed by atoms with E-state index >= 15 is 0 Å². The van der Waals surface area contributed by atoms with Crippen molar-refractivity contribution in [2.24, 2.45) is 0 Å². The Labute approximate surface area is 234 Å². The fraction of sp³-hybridized carbons (Fsp3) is 0.129. The van der Waals surface area contributed by atoms with E-state index in [1.54, 1.807) is 10.7 Å². The van der Waals surface area contributed by atoms with E-state index in [1.165, 1.54) is 18.3 Å². The first-order valence-corrected chi connectivity index (χ1v) is 13.5. The quantitative estimate of drug-likeness (QED) is 0.234. The van der Waals surface area contributed by atoms with Crippen molar-refractivity contribution in [2.75, 3.05) is 12.1 Å². The summed E-state index contributed by atoms with van der Waals surface area (Å²) < 4.78 is 18.7. The van der Waals surface area contributed by atoms with E-state index in [-0.39, 0.29) is 12.7 Å². The summed E-state index contributed by atoms with van der Waals surface area (Å²) in [7, 11) is 0. The molecule has 0 saturated heterocycles. The number of nitrogens with zero attached hydrogens (tertiary/aromatic N) is 2. The molecule has 0 spiro atoms. The second kappa shape index (κ2) is 10.3. The van der Waals surface area contributed by atoms with Gasteiger partial charge in [-0.25, -0.2) is 0 Å². The number of amides is 1. The van der Waals surface area contributed by atoms with Gasteiger partial charge in [0.2, 0.25) is 12.7 Å². The highest BCUT2D eigenvalue weighted by Crippen LogP contribution is 2.44. The molecular formula is C31H25N3O5S. The number of thiophene rings is 1. The molecule has 3 heterocycles. The first-order valence-electron chi connectivity index (χ1n) is 12.6. The summed E-state index contributed by atoms with van der Waals surface area (Å²) in [6.07, 6.45) is 0. The van der Waals surface area contributed by atoms with E-state index in [9.17, 15) is 9.59 Å². The third kappa shape index (κ3) is 4.83. The zero-order valence-electron chi connectivity index (χ0n) is 22.1. The van der Waals surface area contributed by atoms with Crippen molar-refractivity contribution in [3.8, 4) is 45.5 Å². The van der Waals surface area contributed by atoms with Crippen LogP contribution < -0.4 is 19.5 Å². The number of hydrogen-bond acceptors (Lipinski definition) is 7. The smallest absolute Gasteiger partial charge is 0.309 e. The second-order valence-corrected chi connectivity index (χ2v) is 10.3. The number of esters is 1. The lowest BCUT2D eigenvalue weighted by Gasteiger charge is -2.12. The lowest BCUT2D eigenvalue weighted by Crippen LogP contribution is -2.10. The predicted octanol–water partition coefficient (Wildman–Crippen LogP) is 6.79. The number of aromatic nitrogens is 2. The molecule has 40 heavy (non-hydrogen) atoms. The van der Waals surface area contributed by atoms with E-state index < -0.39 is 5.97 Å². The first-order chi connectivity index (χ1) is 19.4. The molecule has 0 atom stereocenters. The van der Waals surface area contributed by atoms with Gasteiger partial charge in [-0.15, -0.1) is 11.3 Å². The minimum Gasteiger partial charge on any atom is -0.454 e. The average molecular weight is 552 g/mol. The molecule has 6 rings (SSSR count). The normalized spacial score (nSPS) is 11.9. The van der Waals surface area contributed by atoms with Gasteiger partial charge in [0.05, 0.1) is 16.1 Å². The van der Waals surface area contributed by atoms with Crippen molar-refractivity contribution >= 4 is 28.9 Å². The monoisotopic (exact) mass is 551 g/mol. The highest BCUT2D eigenvalue weighted by Gasteiger charge is 2.27. The van der Waals surface area contributed by atoms with Gasteiger partial charge < -0.3 is 19.5 Å². The Kier molecular flexibility index (Phi) is 6.57. The minimum atomic E-state index is -0.468. The average Bonchev–Trinajstić information content (AvgIpc) is 3.70. The van der Waals surface area contributed by atoms with E-state index in [0.29, 0.717) is 39.2 Å². The van der Waals surface area contributed by atoms with E-state index in [0.717, 1.165) is 27.9 Å². The molecule has 1 amide bonds. The van der Waals surface area contributed by atoms with Crippen molar-refractivity contribution in [3.63, 3.8) is 0 Å². The lowest BCUT2D eigenvalue weighted by molar-refractivity contribution is -0.132. The molecule has 0 aliphatic carbocycles. The van der Waals surface area contributed by atoms with Gasteiger partial charge in [-0.3, -0.25) is 9.59 Å². The van der Waals surface area contributed by atoms with Crippen molar-refractivity contribution < 1.29 is 23.8 Å². The van der Waals surface area contributed by atoms with Crippen molar-refractivity contribution in [1.82, 2.24) is 9.78 Å². The molecule has 8 nitrogen and oxygen atoms in total. The summed E-state index contributed by atoms with van der Waals surface area (Å²) in [5.41, 5.74) is 6.21. The van der Waals surface area contributed by atoms with Crippen molar-refractivity contribution in [2.45, 2.75) is 20.8 Å². The molecule has 200 valence electrons. The maximum Gasteiger partial charge on any atom is 0.309 e. The third-order valence-electron chi connectivity index (χ3n) is 6.50. The van der Waals surface area contributed by atoms with Gasteiger partial charge in [-0.05, 0) is 78.4 Å². The highest BCUT2D eigenvalue weighted by molar-refractivity contribution is 7.12. The number of aryl methyl sites for hydroxylation is 2. The van der Waals surface area contributed by atoms with Gasteiger partial charge in [-0.2, -0.15) is 9.78 Å². The Morgan fingerprint density at radius 1 is 0.950 bits per heavy atom. The maximum atomic E-state index is 12.6.